The van der Waals surface area contributed by atoms with Crippen LogP contribution in [0.15, 0.2) is 28.8 Å². The van der Waals surface area contributed by atoms with Crippen molar-refractivity contribution in [3.63, 3.8) is 0 Å². The summed E-state index contributed by atoms with van der Waals surface area (Å²) in [4.78, 5) is 30.2. The lowest BCUT2D eigenvalue weighted by molar-refractivity contribution is -0.134. The van der Waals surface area contributed by atoms with E-state index in [1.54, 1.807) is 23.1 Å². The van der Waals surface area contributed by atoms with Gasteiger partial charge in [-0.1, -0.05) is 11.2 Å². The van der Waals surface area contributed by atoms with E-state index in [4.69, 9.17) is 4.52 Å². The molecule has 0 atom stereocenters. The molecule has 130 valence electrons. The quantitative estimate of drug-likeness (QED) is 0.901. The second-order valence-corrected chi connectivity index (χ2v) is 6.62. The van der Waals surface area contributed by atoms with E-state index in [1.807, 2.05) is 6.07 Å². The van der Waals surface area contributed by atoms with Crippen LogP contribution in [0.25, 0.3) is 11.5 Å². The number of nitrogens with one attached hydrogen (secondary N) is 1. The van der Waals surface area contributed by atoms with E-state index in [1.165, 1.54) is 0 Å². The average molecular weight is 340 g/mol. The minimum Gasteiger partial charge on any atom is -0.349 e. The van der Waals surface area contributed by atoms with Gasteiger partial charge in [0.1, 0.15) is 0 Å². The summed E-state index contributed by atoms with van der Waals surface area (Å²) < 4.78 is 5.32. The number of nitrogens with zero attached hydrogens (tertiary/aromatic N) is 3. The van der Waals surface area contributed by atoms with Crippen molar-refractivity contribution in [2.24, 2.45) is 0 Å². The van der Waals surface area contributed by atoms with Crippen molar-refractivity contribution in [2.45, 2.75) is 44.7 Å². The average Bonchev–Trinajstić information content (AvgIpc) is 3.32. The fourth-order valence-corrected chi connectivity index (χ4v) is 2.92. The molecule has 1 aromatic heterocycles. The number of carbonyl (C=O) groups is 2. The van der Waals surface area contributed by atoms with E-state index >= 15 is 0 Å². The Kier molecular flexibility index (Phi) is 4.21. The van der Waals surface area contributed by atoms with Crippen molar-refractivity contribution in [3.8, 4) is 11.5 Å². The number of likely N-dealkylation sites (tertiary alicyclic amines) is 1. The summed E-state index contributed by atoms with van der Waals surface area (Å²) >= 11 is 0. The summed E-state index contributed by atoms with van der Waals surface area (Å²) in [5, 5.41) is 6.94. The molecule has 0 bridgehead atoms. The number of amides is 2. The highest BCUT2D eigenvalue weighted by Crippen LogP contribution is 2.22. The maximum Gasteiger partial charge on any atom is 0.258 e. The molecule has 0 radical (unpaired) electrons. The molecular formula is C18H20N4O3. The van der Waals surface area contributed by atoms with Crippen LogP contribution in [0.5, 0.6) is 0 Å². The zero-order valence-electron chi connectivity index (χ0n) is 13.9. The number of rotatable bonds is 5. The van der Waals surface area contributed by atoms with Crippen molar-refractivity contribution in [1.82, 2.24) is 20.4 Å². The molecule has 2 fully saturated rings. The fourth-order valence-electron chi connectivity index (χ4n) is 2.92. The predicted octanol–water partition coefficient (Wildman–Crippen LogP) is 2.14. The maximum absolute atomic E-state index is 12.2. The molecule has 2 amide bonds. The van der Waals surface area contributed by atoms with Gasteiger partial charge in [-0.3, -0.25) is 9.59 Å². The standard InChI is InChI=1S/C18H20N4O3/c23-16-6-1-2-9-22(16)11-15-20-18(25-21-15)13-5-3-4-12(10-13)17(24)19-14-7-8-14/h3-5,10,14H,1-2,6-9,11H2,(H,19,24). The summed E-state index contributed by atoms with van der Waals surface area (Å²) in [6, 6.07) is 7.46. The molecule has 1 aromatic carbocycles. The highest BCUT2D eigenvalue weighted by atomic mass is 16.5. The third-order valence-electron chi connectivity index (χ3n) is 4.51. The van der Waals surface area contributed by atoms with Crippen molar-refractivity contribution < 1.29 is 14.1 Å². The monoisotopic (exact) mass is 340 g/mol. The second-order valence-electron chi connectivity index (χ2n) is 6.62. The largest absolute Gasteiger partial charge is 0.349 e. The van der Waals surface area contributed by atoms with Crippen molar-refractivity contribution in [3.05, 3.63) is 35.7 Å². The lowest BCUT2D eigenvalue weighted by Gasteiger charge is -2.25. The Morgan fingerprint density at radius 2 is 2.20 bits per heavy atom. The lowest BCUT2D eigenvalue weighted by atomic mass is 10.1. The van der Waals surface area contributed by atoms with Crippen LogP contribution in [0, 0.1) is 0 Å². The Bertz CT molecular complexity index is 797. The second kappa shape index (κ2) is 6.66. The Labute approximate surface area is 145 Å². The summed E-state index contributed by atoms with van der Waals surface area (Å²) in [7, 11) is 0. The molecule has 7 heteroatoms. The predicted molar refractivity (Wildman–Crippen MR) is 89.5 cm³/mol. The number of piperidine rings is 1. The van der Waals surface area contributed by atoms with Crippen molar-refractivity contribution >= 4 is 11.8 Å². The minimum absolute atomic E-state index is 0.0806. The van der Waals surface area contributed by atoms with E-state index in [2.05, 4.69) is 15.5 Å². The van der Waals surface area contributed by atoms with Crippen molar-refractivity contribution in [1.29, 1.82) is 0 Å². The molecule has 2 heterocycles. The number of aromatic nitrogens is 2. The molecule has 2 aromatic rings. The van der Waals surface area contributed by atoms with Gasteiger partial charge in [0.25, 0.3) is 11.8 Å². The van der Waals surface area contributed by atoms with Crippen LogP contribution >= 0.6 is 0 Å². The zero-order valence-corrected chi connectivity index (χ0v) is 13.9. The van der Waals surface area contributed by atoms with Crippen LogP contribution in [-0.4, -0.2) is 39.4 Å². The van der Waals surface area contributed by atoms with E-state index in [0.29, 0.717) is 41.8 Å². The minimum atomic E-state index is -0.0806. The van der Waals surface area contributed by atoms with Gasteiger partial charge in [0.05, 0.1) is 6.54 Å². The molecular weight excluding hydrogens is 320 g/mol. The maximum atomic E-state index is 12.2. The molecule has 1 N–H and O–H groups in total. The lowest BCUT2D eigenvalue weighted by Crippen LogP contribution is -2.34. The summed E-state index contributed by atoms with van der Waals surface area (Å²) in [5.41, 5.74) is 1.28. The summed E-state index contributed by atoms with van der Waals surface area (Å²) in [5.74, 6) is 0.901. The third kappa shape index (κ3) is 3.70. The zero-order chi connectivity index (χ0) is 17.2. The first-order valence-corrected chi connectivity index (χ1v) is 8.71. The molecule has 1 aliphatic heterocycles. The van der Waals surface area contributed by atoms with Crippen LogP contribution in [0.3, 0.4) is 0 Å². The molecule has 0 spiro atoms. The molecule has 4 rings (SSSR count). The van der Waals surface area contributed by atoms with Crippen LogP contribution < -0.4 is 5.32 Å². The fraction of sp³-hybridized carbons (Fsp3) is 0.444. The molecule has 7 nitrogen and oxygen atoms in total. The van der Waals surface area contributed by atoms with Gasteiger partial charge < -0.3 is 14.7 Å². The normalized spacial score (nSPS) is 17.6. The van der Waals surface area contributed by atoms with E-state index in [0.717, 1.165) is 32.2 Å². The first kappa shape index (κ1) is 15.8. The van der Waals surface area contributed by atoms with E-state index in [9.17, 15) is 9.59 Å². The van der Waals surface area contributed by atoms with Crippen LogP contribution in [0.4, 0.5) is 0 Å². The van der Waals surface area contributed by atoms with Crippen LogP contribution in [0.2, 0.25) is 0 Å². The molecule has 2 aliphatic rings. The number of hydrogen-bond acceptors (Lipinski definition) is 5. The van der Waals surface area contributed by atoms with E-state index in [-0.39, 0.29) is 11.8 Å². The molecule has 1 saturated carbocycles. The van der Waals surface area contributed by atoms with Gasteiger partial charge in [-0.25, -0.2) is 0 Å². The SMILES string of the molecule is O=C(NC1CC1)c1cccc(-c2nc(CN3CCCCC3=O)no2)c1. The van der Waals surface area contributed by atoms with Gasteiger partial charge in [-0.15, -0.1) is 0 Å². The third-order valence-corrected chi connectivity index (χ3v) is 4.51. The van der Waals surface area contributed by atoms with Gasteiger partial charge in [-0.05, 0) is 43.9 Å². The molecule has 25 heavy (non-hydrogen) atoms. The Balaban J connectivity index is 1.47. The highest BCUT2D eigenvalue weighted by Gasteiger charge is 2.24. The first-order chi connectivity index (χ1) is 12.2. The van der Waals surface area contributed by atoms with Gasteiger partial charge in [0.2, 0.25) is 5.91 Å². The first-order valence-electron chi connectivity index (χ1n) is 8.71. The molecule has 0 unspecified atom stereocenters. The smallest absolute Gasteiger partial charge is 0.258 e. The van der Waals surface area contributed by atoms with Gasteiger partial charge in [0.15, 0.2) is 5.82 Å². The van der Waals surface area contributed by atoms with E-state index < -0.39 is 0 Å². The number of carbonyl (C=O) groups excluding carboxylic acids is 2. The summed E-state index contributed by atoms with van der Waals surface area (Å²) in [6.45, 7) is 1.10. The number of benzene rings is 1. The van der Waals surface area contributed by atoms with Crippen LogP contribution in [0.1, 0.15) is 48.3 Å². The molecule has 1 saturated heterocycles. The van der Waals surface area contributed by atoms with Gasteiger partial charge >= 0.3 is 0 Å². The van der Waals surface area contributed by atoms with Crippen molar-refractivity contribution in [2.75, 3.05) is 6.54 Å². The highest BCUT2D eigenvalue weighted by molar-refractivity contribution is 5.95. The topological polar surface area (TPSA) is 88.3 Å². The Hall–Kier alpha value is -2.70. The number of hydrogen-bond donors (Lipinski definition) is 1. The Morgan fingerprint density at radius 3 is 3.00 bits per heavy atom. The molecule has 1 aliphatic carbocycles. The van der Waals surface area contributed by atoms with Gasteiger partial charge in [0, 0.05) is 30.1 Å². The van der Waals surface area contributed by atoms with Gasteiger partial charge in [-0.2, -0.15) is 4.98 Å². The Morgan fingerprint density at radius 1 is 1.32 bits per heavy atom. The summed E-state index contributed by atoms with van der Waals surface area (Å²) in [6.07, 6.45) is 4.64. The van der Waals surface area contributed by atoms with Crippen LogP contribution in [-0.2, 0) is 11.3 Å².